The summed E-state index contributed by atoms with van der Waals surface area (Å²) >= 11 is 7.67. The minimum absolute atomic E-state index is 0.240. The number of benzene rings is 1. The first-order valence-electron chi connectivity index (χ1n) is 6.32. The summed E-state index contributed by atoms with van der Waals surface area (Å²) in [5.41, 5.74) is 7.22. The number of pyridine rings is 1. The number of hydrogen-bond donors (Lipinski definition) is 1. The molecule has 0 aliphatic carbocycles. The predicted molar refractivity (Wildman–Crippen MR) is 81.8 cm³/mol. The summed E-state index contributed by atoms with van der Waals surface area (Å²) in [4.78, 5) is 5.40. The molecule has 0 radical (unpaired) electrons. The number of nitrogens with zero attached hydrogens (tertiary/aromatic N) is 1. The standard InChI is InChI=1S/C15H17ClN2S/c1-2-12(17)10-11-5-7-13(8-6-11)19-15-14(16)4-3-9-18-15/h3-9,12H,2,10,17H2,1H3. The molecule has 19 heavy (non-hydrogen) atoms. The molecular weight excluding hydrogens is 276 g/mol. The van der Waals surface area contributed by atoms with Crippen molar-refractivity contribution in [1.82, 2.24) is 4.98 Å². The zero-order chi connectivity index (χ0) is 13.7. The highest BCUT2D eigenvalue weighted by Crippen LogP contribution is 2.31. The van der Waals surface area contributed by atoms with Crippen molar-refractivity contribution in [2.24, 2.45) is 5.73 Å². The zero-order valence-electron chi connectivity index (χ0n) is 10.8. The molecule has 0 bridgehead atoms. The average molecular weight is 293 g/mol. The van der Waals surface area contributed by atoms with Crippen LogP contribution in [0.2, 0.25) is 5.02 Å². The van der Waals surface area contributed by atoms with Gasteiger partial charge in [0.05, 0.1) is 5.02 Å². The van der Waals surface area contributed by atoms with Gasteiger partial charge in [0.15, 0.2) is 0 Å². The third-order valence-electron chi connectivity index (χ3n) is 2.88. The van der Waals surface area contributed by atoms with Gasteiger partial charge in [0.25, 0.3) is 0 Å². The van der Waals surface area contributed by atoms with Crippen molar-refractivity contribution in [3.63, 3.8) is 0 Å². The van der Waals surface area contributed by atoms with Crippen LogP contribution in [0.3, 0.4) is 0 Å². The van der Waals surface area contributed by atoms with Gasteiger partial charge in [-0.05, 0) is 42.7 Å². The normalized spacial score (nSPS) is 12.4. The number of aromatic nitrogens is 1. The van der Waals surface area contributed by atoms with Crippen molar-refractivity contribution >= 4 is 23.4 Å². The van der Waals surface area contributed by atoms with Gasteiger partial charge in [-0.15, -0.1) is 0 Å². The highest BCUT2D eigenvalue weighted by Gasteiger charge is 2.05. The first kappa shape index (κ1) is 14.4. The smallest absolute Gasteiger partial charge is 0.119 e. The molecule has 1 atom stereocenters. The number of rotatable bonds is 5. The summed E-state index contributed by atoms with van der Waals surface area (Å²) in [6.45, 7) is 2.11. The van der Waals surface area contributed by atoms with Gasteiger partial charge in [0.2, 0.25) is 0 Å². The Morgan fingerprint density at radius 2 is 2.00 bits per heavy atom. The van der Waals surface area contributed by atoms with Gasteiger partial charge in [0, 0.05) is 17.1 Å². The van der Waals surface area contributed by atoms with E-state index in [0.717, 1.165) is 22.8 Å². The van der Waals surface area contributed by atoms with Crippen molar-refractivity contribution in [3.05, 3.63) is 53.2 Å². The van der Waals surface area contributed by atoms with E-state index in [1.807, 2.05) is 12.1 Å². The van der Waals surface area contributed by atoms with Gasteiger partial charge in [-0.25, -0.2) is 4.98 Å². The van der Waals surface area contributed by atoms with Crippen LogP contribution in [0, 0.1) is 0 Å². The molecule has 100 valence electrons. The molecule has 0 fully saturated rings. The van der Waals surface area contributed by atoms with Crippen LogP contribution in [-0.4, -0.2) is 11.0 Å². The Hall–Kier alpha value is -1.03. The first-order valence-corrected chi connectivity index (χ1v) is 7.51. The Bertz CT molecular complexity index is 528. The lowest BCUT2D eigenvalue weighted by Gasteiger charge is -2.09. The lowest BCUT2D eigenvalue weighted by Crippen LogP contribution is -2.21. The Balaban J connectivity index is 2.05. The molecule has 0 spiro atoms. The molecule has 0 aliphatic rings. The topological polar surface area (TPSA) is 38.9 Å². The maximum absolute atomic E-state index is 6.09. The van der Waals surface area contributed by atoms with E-state index in [9.17, 15) is 0 Å². The number of nitrogens with two attached hydrogens (primary N) is 1. The molecule has 1 aromatic carbocycles. The Morgan fingerprint density at radius 3 is 2.63 bits per heavy atom. The summed E-state index contributed by atoms with van der Waals surface area (Å²) in [5, 5.41) is 1.52. The van der Waals surface area contributed by atoms with Crippen LogP contribution >= 0.6 is 23.4 Å². The van der Waals surface area contributed by atoms with E-state index in [4.69, 9.17) is 17.3 Å². The third-order valence-corrected chi connectivity index (χ3v) is 4.33. The molecule has 1 aromatic heterocycles. The molecule has 0 aliphatic heterocycles. The number of hydrogen-bond acceptors (Lipinski definition) is 3. The van der Waals surface area contributed by atoms with Crippen molar-refractivity contribution in [1.29, 1.82) is 0 Å². The van der Waals surface area contributed by atoms with Crippen LogP contribution < -0.4 is 5.73 Å². The van der Waals surface area contributed by atoms with E-state index in [0.29, 0.717) is 5.02 Å². The van der Waals surface area contributed by atoms with Gasteiger partial charge < -0.3 is 5.73 Å². The largest absolute Gasteiger partial charge is 0.327 e. The zero-order valence-corrected chi connectivity index (χ0v) is 12.4. The maximum Gasteiger partial charge on any atom is 0.119 e. The molecule has 2 rings (SSSR count). The van der Waals surface area contributed by atoms with Crippen molar-refractivity contribution < 1.29 is 0 Å². The SMILES string of the molecule is CCC(N)Cc1ccc(Sc2ncccc2Cl)cc1. The van der Waals surface area contributed by atoms with E-state index < -0.39 is 0 Å². The molecule has 2 nitrogen and oxygen atoms in total. The molecule has 2 aromatic rings. The number of halogens is 1. The summed E-state index contributed by atoms with van der Waals surface area (Å²) in [7, 11) is 0. The second-order valence-corrected chi connectivity index (χ2v) is 5.88. The van der Waals surface area contributed by atoms with Crippen LogP contribution in [0.1, 0.15) is 18.9 Å². The molecule has 1 heterocycles. The Morgan fingerprint density at radius 1 is 1.26 bits per heavy atom. The Kier molecular flexibility index (Phi) is 5.25. The second-order valence-electron chi connectivity index (χ2n) is 4.41. The van der Waals surface area contributed by atoms with Gasteiger partial charge in [-0.1, -0.05) is 42.4 Å². The molecule has 4 heteroatoms. The monoisotopic (exact) mass is 292 g/mol. The van der Waals surface area contributed by atoms with Crippen LogP contribution in [0.4, 0.5) is 0 Å². The van der Waals surface area contributed by atoms with Gasteiger partial charge in [-0.2, -0.15) is 0 Å². The van der Waals surface area contributed by atoms with Crippen LogP contribution in [0.15, 0.2) is 52.5 Å². The lowest BCUT2D eigenvalue weighted by molar-refractivity contribution is 0.646. The molecular formula is C15H17ClN2S. The van der Waals surface area contributed by atoms with Crippen molar-refractivity contribution in [3.8, 4) is 0 Å². The minimum Gasteiger partial charge on any atom is -0.327 e. The highest BCUT2D eigenvalue weighted by atomic mass is 35.5. The van der Waals surface area contributed by atoms with Crippen LogP contribution in [-0.2, 0) is 6.42 Å². The van der Waals surface area contributed by atoms with E-state index in [-0.39, 0.29) is 6.04 Å². The van der Waals surface area contributed by atoms with E-state index in [2.05, 4.69) is 36.2 Å². The van der Waals surface area contributed by atoms with E-state index in [1.165, 1.54) is 5.56 Å². The molecule has 0 amide bonds. The fraction of sp³-hybridized carbons (Fsp3) is 0.267. The van der Waals surface area contributed by atoms with E-state index >= 15 is 0 Å². The minimum atomic E-state index is 0.240. The third kappa shape index (κ3) is 4.23. The fourth-order valence-corrected chi connectivity index (χ4v) is 2.71. The molecule has 0 saturated carbocycles. The van der Waals surface area contributed by atoms with Crippen molar-refractivity contribution in [2.45, 2.75) is 35.7 Å². The van der Waals surface area contributed by atoms with Gasteiger partial charge >= 0.3 is 0 Å². The summed E-state index contributed by atoms with van der Waals surface area (Å²) in [6, 6.07) is 12.3. The summed E-state index contributed by atoms with van der Waals surface area (Å²) in [6.07, 6.45) is 3.68. The highest BCUT2D eigenvalue weighted by molar-refractivity contribution is 7.99. The van der Waals surface area contributed by atoms with Crippen LogP contribution in [0.25, 0.3) is 0 Å². The van der Waals surface area contributed by atoms with Gasteiger partial charge in [-0.3, -0.25) is 0 Å². The molecule has 1 unspecified atom stereocenters. The fourth-order valence-electron chi connectivity index (χ4n) is 1.70. The quantitative estimate of drug-likeness (QED) is 0.899. The van der Waals surface area contributed by atoms with E-state index in [1.54, 1.807) is 18.0 Å². The Labute approximate surface area is 123 Å². The van der Waals surface area contributed by atoms with Crippen LogP contribution in [0.5, 0.6) is 0 Å². The van der Waals surface area contributed by atoms with Crippen molar-refractivity contribution in [2.75, 3.05) is 0 Å². The first-order chi connectivity index (χ1) is 9.19. The summed E-state index contributed by atoms with van der Waals surface area (Å²) in [5.74, 6) is 0. The van der Waals surface area contributed by atoms with Gasteiger partial charge in [0.1, 0.15) is 5.03 Å². The average Bonchev–Trinajstić information content (AvgIpc) is 2.43. The summed E-state index contributed by atoms with van der Waals surface area (Å²) < 4.78 is 0. The lowest BCUT2D eigenvalue weighted by atomic mass is 10.1. The molecule has 0 saturated heterocycles. The second kappa shape index (κ2) is 6.94. The molecule has 2 N–H and O–H groups in total. The predicted octanol–water partition coefficient (Wildman–Crippen LogP) is 4.17. The maximum atomic E-state index is 6.09.